The summed E-state index contributed by atoms with van der Waals surface area (Å²) in [5, 5.41) is 0.912. The molecule has 12 heavy (non-hydrogen) atoms. The molecule has 0 saturated heterocycles. The van der Waals surface area contributed by atoms with E-state index in [-0.39, 0.29) is 12.4 Å². The Morgan fingerprint density at radius 1 is 1.50 bits per heavy atom. The number of halogens is 1. The third-order valence-electron chi connectivity index (χ3n) is 1.67. The van der Waals surface area contributed by atoms with Gasteiger partial charge in [0.15, 0.2) is 0 Å². The standard InChI is InChI=1S/C7H8N4.ClH/c1-11-3-6(8)5-2-9-4-10-7(5)11;/h2-4H,8H2,1H3;1H. The Balaban J connectivity index is 0.000000720. The van der Waals surface area contributed by atoms with Crippen LogP contribution in [0, 0.1) is 0 Å². The van der Waals surface area contributed by atoms with Crippen molar-refractivity contribution in [2.24, 2.45) is 7.05 Å². The van der Waals surface area contributed by atoms with Gasteiger partial charge >= 0.3 is 0 Å². The van der Waals surface area contributed by atoms with Crippen LogP contribution in [-0.4, -0.2) is 14.5 Å². The monoisotopic (exact) mass is 184 g/mol. The molecule has 0 aliphatic heterocycles. The van der Waals surface area contributed by atoms with Crippen LogP contribution in [-0.2, 0) is 7.05 Å². The minimum absolute atomic E-state index is 0. The van der Waals surface area contributed by atoms with Crippen molar-refractivity contribution in [1.29, 1.82) is 0 Å². The van der Waals surface area contributed by atoms with Gasteiger partial charge in [-0.1, -0.05) is 0 Å². The van der Waals surface area contributed by atoms with Gasteiger partial charge in [0.25, 0.3) is 0 Å². The Hall–Kier alpha value is -1.29. The van der Waals surface area contributed by atoms with Crippen molar-refractivity contribution in [3.05, 3.63) is 18.7 Å². The molecule has 0 aliphatic carbocycles. The first-order chi connectivity index (χ1) is 5.29. The number of nitrogens with zero attached hydrogens (tertiary/aromatic N) is 3. The third-order valence-corrected chi connectivity index (χ3v) is 1.67. The van der Waals surface area contributed by atoms with Crippen molar-refractivity contribution >= 4 is 29.1 Å². The maximum atomic E-state index is 5.68. The summed E-state index contributed by atoms with van der Waals surface area (Å²) < 4.78 is 1.88. The zero-order chi connectivity index (χ0) is 7.84. The summed E-state index contributed by atoms with van der Waals surface area (Å²) in [6.45, 7) is 0. The van der Waals surface area contributed by atoms with Crippen LogP contribution < -0.4 is 5.73 Å². The van der Waals surface area contributed by atoms with Crippen LogP contribution >= 0.6 is 12.4 Å². The van der Waals surface area contributed by atoms with Crippen molar-refractivity contribution in [1.82, 2.24) is 14.5 Å². The van der Waals surface area contributed by atoms with Crippen LogP contribution in [0.15, 0.2) is 18.7 Å². The molecular formula is C7H9ClN4. The number of aryl methyl sites for hydroxylation is 1. The molecule has 4 nitrogen and oxygen atoms in total. The average molecular weight is 185 g/mol. The number of rotatable bonds is 0. The molecule has 0 aliphatic rings. The molecule has 0 spiro atoms. The highest BCUT2D eigenvalue weighted by Gasteiger charge is 2.02. The minimum Gasteiger partial charge on any atom is -0.397 e. The highest BCUT2D eigenvalue weighted by Crippen LogP contribution is 2.18. The Kier molecular flexibility index (Phi) is 2.19. The SMILES string of the molecule is Cl.Cn1cc(N)c2cncnc21. The summed E-state index contributed by atoms with van der Waals surface area (Å²) >= 11 is 0. The van der Waals surface area contributed by atoms with Crippen LogP contribution in [0.4, 0.5) is 5.69 Å². The fourth-order valence-electron chi connectivity index (χ4n) is 1.15. The molecule has 0 fully saturated rings. The van der Waals surface area contributed by atoms with E-state index in [9.17, 15) is 0 Å². The van der Waals surface area contributed by atoms with Gasteiger partial charge in [-0.05, 0) is 0 Å². The smallest absolute Gasteiger partial charge is 0.145 e. The van der Waals surface area contributed by atoms with E-state index in [1.54, 1.807) is 6.20 Å². The molecule has 0 aromatic carbocycles. The van der Waals surface area contributed by atoms with E-state index in [2.05, 4.69) is 9.97 Å². The molecule has 2 aromatic rings. The lowest BCUT2D eigenvalue weighted by Crippen LogP contribution is -1.86. The topological polar surface area (TPSA) is 56.7 Å². The summed E-state index contributed by atoms with van der Waals surface area (Å²) in [6.07, 6.45) is 5.07. The number of nitrogen functional groups attached to an aromatic ring is 1. The van der Waals surface area contributed by atoms with Gasteiger partial charge in [-0.2, -0.15) is 0 Å². The van der Waals surface area contributed by atoms with Crippen molar-refractivity contribution in [2.45, 2.75) is 0 Å². The van der Waals surface area contributed by atoms with Crippen molar-refractivity contribution < 1.29 is 0 Å². The number of fused-ring (bicyclic) bond motifs is 1. The largest absolute Gasteiger partial charge is 0.397 e. The van der Waals surface area contributed by atoms with E-state index in [1.165, 1.54) is 6.33 Å². The maximum absolute atomic E-state index is 5.68. The second-order valence-electron chi connectivity index (χ2n) is 2.46. The van der Waals surface area contributed by atoms with E-state index in [0.29, 0.717) is 0 Å². The second-order valence-corrected chi connectivity index (χ2v) is 2.46. The molecule has 64 valence electrons. The first-order valence-corrected chi connectivity index (χ1v) is 3.29. The van der Waals surface area contributed by atoms with E-state index >= 15 is 0 Å². The Morgan fingerprint density at radius 3 is 2.92 bits per heavy atom. The highest BCUT2D eigenvalue weighted by atomic mass is 35.5. The van der Waals surface area contributed by atoms with Gasteiger partial charge in [0.2, 0.25) is 0 Å². The summed E-state index contributed by atoms with van der Waals surface area (Å²) in [6, 6.07) is 0. The van der Waals surface area contributed by atoms with Crippen LogP contribution in [0.25, 0.3) is 11.0 Å². The Labute approximate surface area is 75.8 Å². The number of anilines is 1. The van der Waals surface area contributed by atoms with Crippen LogP contribution in [0.1, 0.15) is 0 Å². The number of hydrogen-bond acceptors (Lipinski definition) is 3. The fraction of sp³-hybridized carbons (Fsp3) is 0.143. The molecule has 2 N–H and O–H groups in total. The van der Waals surface area contributed by atoms with Crippen LogP contribution in [0.5, 0.6) is 0 Å². The van der Waals surface area contributed by atoms with Crippen molar-refractivity contribution in [3.8, 4) is 0 Å². The molecule has 5 heteroatoms. The highest BCUT2D eigenvalue weighted by molar-refractivity contribution is 5.88. The molecule has 2 rings (SSSR count). The minimum atomic E-state index is 0. The van der Waals surface area contributed by atoms with E-state index in [1.807, 2.05) is 17.8 Å². The van der Waals surface area contributed by atoms with Gasteiger partial charge in [0, 0.05) is 19.4 Å². The van der Waals surface area contributed by atoms with Gasteiger partial charge in [-0.25, -0.2) is 9.97 Å². The lowest BCUT2D eigenvalue weighted by atomic mass is 10.4. The van der Waals surface area contributed by atoms with Crippen molar-refractivity contribution in [3.63, 3.8) is 0 Å². The zero-order valence-electron chi connectivity index (χ0n) is 6.56. The second kappa shape index (κ2) is 2.98. The Bertz CT molecular complexity index is 359. The molecule has 0 amide bonds. The summed E-state index contributed by atoms with van der Waals surface area (Å²) in [4.78, 5) is 7.96. The summed E-state index contributed by atoms with van der Waals surface area (Å²) in [5.41, 5.74) is 7.27. The average Bonchev–Trinajstić information content (AvgIpc) is 2.30. The number of nitrogens with two attached hydrogens (primary N) is 1. The van der Waals surface area contributed by atoms with E-state index in [4.69, 9.17) is 5.73 Å². The molecular weight excluding hydrogens is 176 g/mol. The number of aromatic nitrogens is 3. The first kappa shape index (κ1) is 8.80. The predicted molar refractivity (Wildman–Crippen MR) is 50.2 cm³/mol. The van der Waals surface area contributed by atoms with Gasteiger partial charge in [0.1, 0.15) is 12.0 Å². The fourth-order valence-corrected chi connectivity index (χ4v) is 1.15. The van der Waals surface area contributed by atoms with Crippen LogP contribution in [0.3, 0.4) is 0 Å². The van der Waals surface area contributed by atoms with Crippen molar-refractivity contribution in [2.75, 3.05) is 5.73 Å². The molecule has 0 radical (unpaired) electrons. The van der Waals surface area contributed by atoms with Crippen LogP contribution in [0.2, 0.25) is 0 Å². The first-order valence-electron chi connectivity index (χ1n) is 3.29. The molecule has 2 heterocycles. The summed E-state index contributed by atoms with van der Waals surface area (Å²) in [5.74, 6) is 0. The predicted octanol–water partition coefficient (Wildman–Crippen LogP) is 0.972. The van der Waals surface area contributed by atoms with Gasteiger partial charge in [0.05, 0.1) is 11.1 Å². The maximum Gasteiger partial charge on any atom is 0.145 e. The Morgan fingerprint density at radius 2 is 2.25 bits per heavy atom. The zero-order valence-corrected chi connectivity index (χ0v) is 7.38. The van der Waals surface area contributed by atoms with Gasteiger partial charge in [-0.3, -0.25) is 0 Å². The molecule has 0 unspecified atom stereocenters. The summed E-state index contributed by atoms with van der Waals surface area (Å²) in [7, 11) is 1.91. The van der Waals surface area contributed by atoms with Gasteiger partial charge in [-0.15, -0.1) is 12.4 Å². The lowest BCUT2D eigenvalue weighted by molar-refractivity contribution is 0.944. The normalized spacial score (nSPS) is 9.75. The van der Waals surface area contributed by atoms with E-state index in [0.717, 1.165) is 16.7 Å². The molecule has 2 aromatic heterocycles. The third kappa shape index (κ3) is 1.10. The van der Waals surface area contributed by atoms with Gasteiger partial charge < -0.3 is 10.3 Å². The van der Waals surface area contributed by atoms with E-state index < -0.39 is 0 Å². The lowest BCUT2D eigenvalue weighted by Gasteiger charge is -1.90. The number of hydrogen-bond donors (Lipinski definition) is 1. The quantitative estimate of drug-likeness (QED) is 0.664. The molecule has 0 atom stereocenters. The molecule has 0 saturated carbocycles. The molecule has 0 bridgehead atoms.